The maximum atomic E-state index is 3.86. The van der Waals surface area contributed by atoms with Gasteiger partial charge in [0.25, 0.3) is 0 Å². The molecule has 0 heterocycles. The number of hydrogen-bond donors (Lipinski definition) is 1. The van der Waals surface area contributed by atoms with E-state index in [1.807, 2.05) is 0 Å². The fraction of sp³-hybridized carbons (Fsp3) is 1.00. The molecule has 14 heavy (non-hydrogen) atoms. The molecule has 3 rings (SSSR count). The van der Waals surface area contributed by atoms with Crippen LogP contribution in [-0.4, -0.2) is 12.6 Å². The van der Waals surface area contributed by atoms with Gasteiger partial charge in [-0.2, -0.15) is 0 Å². The topological polar surface area (TPSA) is 12.0 Å². The van der Waals surface area contributed by atoms with Crippen LogP contribution in [0.2, 0.25) is 0 Å². The predicted octanol–water partition coefficient (Wildman–Crippen LogP) is 2.95. The lowest BCUT2D eigenvalue weighted by molar-refractivity contribution is 0.290. The minimum atomic E-state index is 0.646. The van der Waals surface area contributed by atoms with Gasteiger partial charge in [0.05, 0.1) is 0 Å². The van der Waals surface area contributed by atoms with Gasteiger partial charge in [0.2, 0.25) is 0 Å². The zero-order valence-corrected chi connectivity index (χ0v) is 9.39. The molecule has 1 nitrogen and oxygen atoms in total. The smallest absolute Gasteiger partial charge is 0.00984 e. The van der Waals surface area contributed by atoms with Gasteiger partial charge in [-0.25, -0.2) is 0 Å². The van der Waals surface area contributed by atoms with Crippen molar-refractivity contribution in [1.29, 1.82) is 0 Å². The number of hydrogen-bond acceptors (Lipinski definition) is 1. The molecule has 1 heteroatoms. The highest BCUT2D eigenvalue weighted by Crippen LogP contribution is 2.52. The van der Waals surface area contributed by atoms with Crippen molar-refractivity contribution in [2.75, 3.05) is 6.54 Å². The van der Waals surface area contributed by atoms with Crippen LogP contribution in [0.4, 0.5) is 0 Å². The largest absolute Gasteiger partial charge is 0.313 e. The van der Waals surface area contributed by atoms with Crippen LogP contribution in [0.5, 0.6) is 0 Å². The molecule has 0 spiro atoms. The molecule has 0 amide bonds. The summed E-state index contributed by atoms with van der Waals surface area (Å²) in [5.74, 6) is 2.21. The van der Waals surface area contributed by atoms with E-state index >= 15 is 0 Å². The molecule has 0 aromatic rings. The van der Waals surface area contributed by atoms with Crippen LogP contribution in [0.15, 0.2) is 0 Å². The third kappa shape index (κ3) is 1.60. The minimum absolute atomic E-state index is 0.646. The summed E-state index contributed by atoms with van der Waals surface area (Å²) in [6, 6.07) is 0.900. The molecule has 3 atom stereocenters. The quantitative estimate of drug-likeness (QED) is 0.726. The molecular weight excluding hydrogens is 170 g/mol. The van der Waals surface area contributed by atoms with Crippen molar-refractivity contribution in [2.45, 2.75) is 57.9 Å². The average Bonchev–Trinajstić information content (AvgIpc) is 2.66. The standard InChI is InChI=1S/C13H23N/c1-13(6-2-3-7-13)9-14-12-5-4-10-8-11(10)12/h10-12,14H,2-9H2,1H3. The normalized spacial score (nSPS) is 43.9. The highest BCUT2D eigenvalue weighted by molar-refractivity contribution is 5.01. The Morgan fingerprint density at radius 1 is 1.21 bits per heavy atom. The van der Waals surface area contributed by atoms with Crippen LogP contribution in [-0.2, 0) is 0 Å². The summed E-state index contributed by atoms with van der Waals surface area (Å²) in [6.45, 7) is 3.77. The molecule has 0 aromatic heterocycles. The van der Waals surface area contributed by atoms with Gasteiger partial charge in [-0.05, 0) is 49.4 Å². The zero-order valence-electron chi connectivity index (χ0n) is 9.39. The van der Waals surface area contributed by atoms with Crippen molar-refractivity contribution in [2.24, 2.45) is 17.3 Å². The number of nitrogens with one attached hydrogen (secondary N) is 1. The lowest BCUT2D eigenvalue weighted by Crippen LogP contribution is -2.37. The van der Waals surface area contributed by atoms with Crippen molar-refractivity contribution in [3.05, 3.63) is 0 Å². The van der Waals surface area contributed by atoms with Crippen molar-refractivity contribution >= 4 is 0 Å². The molecule has 0 radical (unpaired) electrons. The molecule has 1 N–H and O–H groups in total. The van der Waals surface area contributed by atoms with E-state index < -0.39 is 0 Å². The Balaban J connectivity index is 1.49. The molecule has 3 unspecified atom stereocenters. The van der Waals surface area contributed by atoms with Gasteiger partial charge >= 0.3 is 0 Å². The van der Waals surface area contributed by atoms with E-state index in [-0.39, 0.29) is 0 Å². The Labute approximate surface area is 87.7 Å². The SMILES string of the molecule is CC1(CNC2CCC3CC32)CCCC1. The number of rotatable bonds is 3. The second-order valence-corrected chi connectivity index (χ2v) is 6.24. The monoisotopic (exact) mass is 193 g/mol. The highest BCUT2D eigenvalue weighted by Gasteiger charge is 2.48. The second kappa shape index (κ2) is 3.23. The van der Waals surface area contributed by atoms with Crippen LogP contribution in [0.3, 0.4) is 0 Å². The Kier molecular flexibility index (Phi) is 2.12. The maximum Gasteiger partial charge on any atom is 0.00984 e. The Hall–Kier alpha value is -0.0400. The summed E-state index contributed by atoms with van der Waals surface area (Å²) in [5, 5.41) is 3.86. The fourth-order valence-electron chi connectivity index (χ4n) is 3.74. The molecule has 3 aliphatic rings. The summed E-state index contributed by atoms with van der Waals surface area (Å²) in [4.78, 5) is 0. The highest BCUT2D eigenvalue weighted by atomic mass is 15.0. The van der Waals surface area contributed by atoms with Gasteiger partial charge in [0, 0.05) is 12.6 Å². The van der Waals surface area contributed by atoms with Crippen molar-refractivity contribution < 1.29 is 0 Å². The first-order valence-corrected chi connectivity index (χ1v) is 6.50. The van der Waals surface area contributed by atoms with E-state index in [1.54, 1.807) is 0 Å². The molecule has 3 saturated carbocycles. The number of fused-ring (bicyclic) bond motifs is 1. The van der Waals surface area contributed by atoms with E-state index in [0.29, 0.717) is 5.41 Å². The summed E-state index contributed by atoms with van der Waals surface area (Å²) in [7, 11) is 0. The predicted molar refractivity (Wildman–Crippen MR) is 59.2 cm³/mol. The Morgan fingerprint density at radius 2 is 2.00 bits per heavy atom. The van der Waals surface area contributed by atoms with Gasteiger partial charge < -0.3 is 5.32 Å². The van der Waals surface area contributed by atoms with Crippen LogP contribution in [0.25, 0.3) is 0 Å². The van der Waals surface area contributed by atoms with E-state index in [1.165, 1.54) is 51.5 Å². The lowest BCUT2D eigenvalue weighted by atomic mass is 9.88. The van der Waals surface area contributed by atoms with Crippen LogP contribution in [0, 0.1) is 17.3 Å². The lowest BCUT2D eigenvalue weighted by Gasteiger charge is -2.26. The van der Waals surface area contributed by atoms with E-state index in [4.69, 9.17) is 0 Å². The Morgan fingerprint density at radius 3 is 2.57 bits per heavy atom. The van der Waals surface area contributed by atoms with Gasteiger partial charge in [-0.1, -0.05) is 19.8 Å². The molecule has 0 aliphatic heterocycles. The molecule has 0 saturated heterocycles. The second-order valence-electron chi connectivity index (χ2n) is 6.24. The minimum Gasteiger partial charge on any atom is -0.313 e. The fourth-order valence-corrected chi connectivity index (χ4v) is 3.74. The van der Waals surface area contributed by atoms with E-state index in [2.05, 4.69) is 12.2 Å². The van der Waals surface area contributed by atoms with Crippen molar-refractivity contribution in [1.82, 2.24) is 5.32 Å². The molecule has 80 valence electrons. The molecule has 3 fully saturated rings. The summed E-state index contributed by atoms with van der Waals surface area (Å²) in [6.07, 6.45) is 10.4. The molecule has 3 aliphatic carbocycles. The first-order chi connectivity index (χ1) is 6.77. The van der Waals surface area contributed by atoms with Crippen LogP contribution >= 0.6 is 0 Å². The summed E-state index contributed by atoms with van der Waals surface area (Å²) >= 11 is 0. The van der Waals surface area contributed by atoms with Crippen LogP contribution < -0.4 is 5.32 Å². The van der Waals surface area contributed by atoms with Crippen LogP contribution in [0.1, 0.15) is 51.9 Å². The van der Waals surface area contributed by atoms with Gasteiger partial charge in [0.15, 0.2) is 0 Å². The first kappa shape index (κ1) is 9.21. The first-order valence-electron chi connectivity index (χ1n) is 6.50. The zero-order chi connectivity index (χ0) is 9.60. The van der Waals surface area contributed by atoms with Gasteiger partial charge in [0.1, 0.15) is 0 Å². The van der Waals surface area contributed by atoms with Gasteiger partial charge in [-0.15, -0.1) is 0 Å². The third-order valence-corrected chi connectivity index (χ3v) is 4.94. The molecule has 0 bridgehead atoms. The van der Waals surface area contributed by atoms with E-state index in [9.17, 15) is 0 Å². The van der Waals surface area contributed by atoms with Gasteiger partial charge in [-0.3, -0.25) is 0 Å². The molecule has 0 aromatic carbocycles. The molecular formula is C13H23N. The average molecular weight is 193 g/mol. The third-order valence-electron chi connectivity index (χ3n) is 4.94. The summed E-state index contributed by atoms with van der Waals surface area (Å²) < 4.78 is 0. The van der Waals surface area contributed by atoms with Crippen molar-refractivity contribution in [3.8, 4) is 0 Å². The maximum absolute atomic E-state index is 3.86. The summed E-state index contributed by atoms with van der Waals surface area (Å²) in [5.41, 5.74) is 0.646. The van der Waals surface area contributed by atoms with E-state index in [0.717, 1.165) is 17.9 Å². The Bertz CT molecular complexity index is 217. The van der Waals surface area contributed by atoms with Crippen molar-refractivity contribution in [3.63, 3.8) is 0 Å².